The van der Waals surface area contributed by atoms with Gasteiger partial charge in [-0.1, -0.05) is 23.7 Å². The van der Waals surface area contributed by atoms with Crippen LogP contribution >= 0.6 is 11.6 Å². The summed E-state index contributed by atoms with van der Waals surface area (Å²) < 4.78 is 0. The molecule has 2 aromatic rings. The van der Waals surface area contributed by atoms with E-state index < -0.39 is 40.9 Å². The average molecular weight is 417 g/mol. The summed E-state index contributed by atoms with van der Waals surface area (Å²) in [6, 6.07) is 9.57. The van der Waals surface area contributed by atoms with Crippen molar-refractivity contribution in [2.45, 2.75) is 6.04 Å². The van der Waals surface area contributed by atoms with Crippen molar-refractivity contribution in [1.29, 1.82) is 0 Å². The number of benzene rings is 2. The molecule has 9 nitrogen and oxygen atoms in total. The van der Waals surface area contributed by atoms with Crippen LogP contribution in [-0.4, -0.2) is 44.2 Å². The van der Waals surface area contributed by atoms with Crippen molar-refractivity contribution < 1.29 is 29.5 Å². The standard InChI is InChI=1S/C19H13ClN2O7/c20-12-6-4-10(5-7-12)17(25)15-16(11-2-1-3-13(8-11)22(28)29)21(9-14(23)24)19(27)18(15)26/h1-8,16,25H,9H2,(H,23,24)/b17-15+. The van der Waals surface area contributed by atoms with Gasteiger partial charge in [0.05, 0.1) is 16.5 Å². The Bertz CT molecular complexity index is 1060. The van der Waals surface area contributed by atoms with Crippen LogP contribution in [0.2, 0.25) is 5.02 Å². The zero-order valence-electron chi connectivity index (χ0n) is 14.6. The number of hydrogen-bond acceptors (Lipinski definition) is 6. The zero-order chi connectivity index (χ0) is 21.3. The van der Waals surface area contributed by atoms with Gasteiger partial charge in [0.1, 0.15) is 12.3 Å². The maximum absolute atomic E-state index is 12.6. The Morgan fingerprint density at radius 3 is 2.38 bits per heavy atom. The predicted octanol–water partition coefficient (Wildman–Crippen LogP) is 2.75. The number of aliphatic hydroxyl groups is 1. The second-order valence-electron chi connectivity index (χ2n) is 6.18. The SMILES string of the molecule is O=C(O)CN1C(=O)C(=O)/C(=C(/O)c2ccc(Cl)cc2)C1c1cccc([N+](=O)[O-])c1. The molecule has 1 aliphatic heterocycles. The van der Waals surface area contributed by atoms with Gasteiger partial charge in [0.15, 0.2) is 0 Å². The Morgan fingerprint density at radius 2 is 1.79 bits per heavy atom. The first kappa shape index (κ1) is 20.0. The number of likely N-dealkylation sites (tertiary alicyclic amines) is 1. The topological polar surface area (TPSA) is 138 Å². The van der Waals surface area contributed by atoms with Gasteiger partial charge in [-0.2, -0.15) is 0 Å². The summed E-state index contributed by atoms with van der Waals surface area (Å²) in [7, 11) is 0. The van der Waals surface area contributed by atoms with E-state index in [1.54, 1.807) is 0 Å². The monoisotopic (exact) mass is 416 g/mol. The molecular weight excluding hydrogens is 404 g/mol. The molecule has 1 saturated heterocycles. The van der Waals surface area contributed by atoms with Gasteiger partial charge in [0, 0.05) is 22.7 Å². The van der Waals surface area contributed by atoms with Gasteiger partial charge >= 0.3 is 5.97 Å². The van der Waals surface area contributed by atoms with Crippen LogP contribution in [0.4, 0.5) is 5.69 Å². The number of nitro groups is 1. The van der Waals surface area contributed by atoms with Crippen LogP contribution in [0, 0.1) is 10.1 Å². The third-order valence-corrected chi connectivity index (χ3v) is 4.61. The number of carbonyl (C=O) groups excluding carboxylic acids is 2. The fourth-order valence-electron chi connectivity index (χ4n) is 3.11. The predicted molar refractivity (Wildman–Crippen MR) is 101 cm³/mol. The van der Waals surface area contributed by atoms with Gasteiger partial charge < -0.3 is 15.1 Å². The molecule has 0 bridgehead atoms. The number of hydrogen-bond donors (Lipinski definition) is 2. The second-order valence-corrected chi connectivity index (χ2v) is 6.62. The number of rotatable bonds is 5. The summed E-state index contributed by atoms with van der Waals surface area (Å²) in [6.45, 7) is -0.824. The van der Waals surface area contributed by atoms with Gasteiger partial charge in [-0.05, 0) is 29.8 Å². The van der Waals surface area contributed by atoms with Crippen molar-refractivity contribution in [3.05, 3.63) is 80.4 Å². The van der Waals surface area contributed by atoms with Crippen molar-refractivity contribution in [1.82, 2.24) is 4.90 Å². The number of ketones is 1. The van der Waals surface area contributed by atoms with E-state index in [4.69, 9.17) is 16.7 Å². The quantitative estimate of drug-likeness (QED) is 0.251. The third-order valence-electron chi connectivity index (χ3n) is 4.36. The van der Waals surface area contributed by atoms with Gasteiger partial charge in [0.25, 0.3) is 17.4 Å². The molecule has 0 aliphatic carbocycles. The lowest BCUT2D eigenvalue weighted by molar-refractivity contribution is -0.384. The summed E-state index contributed by atoms with van der Waals surface area (Å²) in [4.78, 5) is 47.5. The Hall–Kier alpha value is -3.72. The lowest BCUT2D eigenvalue weighted by atomic mass is 9.95. The summed E-state index contributed by atoms with van der Waals surface area (Å²) in [5, 5.41) is 31.4. The van der Waals surface area contributed by atoms with Crippen molar-refractivity contribution in [2.75, 3.05) is 6.54 Å². The van der Waals surface area contributed by atoms with Crippen LogP contribution in [0.15, 0.2) is 54.1 Å². The molecule has 10 heteroatoms. The fourth-order valence-corrected chi connectivity index (χ4v) is 3.23. The molecule has 0 saturated carbocycles. The molecule has 1 unspecified atom stereocenters. The summed E-state index contributed by atoms with van der Waals surface area (Å²) >= 11 is 5.82. The number of Topliss-reactive ketones (excluding diaryl/α,β-unsaturated/α-hetero) is 1. The first-order valence-corrected chi connectivity index (χ1v) is 8.59. The highest BCUT2D eigenvalue weighted by atomic mass is 35.5. The van der Waals surface area contributed by atoms with Crippen LogP contribution in [0.5, 0.6) is 0 Å². The number of carboxylic acids is 1. The number of aliphatic hydroxyl groups excluding tert-OH is 1. The maximum atomic E-state index is 12.6. The number of carbonyl (C=O) groups is 3. The van der Waals surface area contributed by atoms with Crippen molar-refractivity contribution >= 4 is 40.7 Å². The number of aliphatic carboxylic acids is 1. The molecule has 1 amide bonds. The number of nitro benzene ring substituents is 1. The van der Waals surface area contributed by atoms with Gasteiger partial charge in [0.2, 0.25) is 0 Å². The molecule has 1 aliphatic rings. The van der Waals surface area contributed by atoms with Crippen molar-refractivity contribution in [2.24, 2.45) is 0 Å². The Labute approximate surface area is 168 Å². The largest absolute Gasteiger partial charge is 0.507 e. The van der Waals surface area contributed by atoms with E-state index >= 15 is 0 Å². The highest BCUT2D eigenvalue weighted by Crippen LogP contribution is 2.40. The molecule has 1 fully saturated rings. The first-order valence-electron chi connectivity index (χ1n) is 8.21. The highest BCUT2D eigenvalue weighted by Gasteiger charge is 2.47. The molecule has 1 heterocycles. The molecule has 2 N–H and O–H groups in total. The second kappa shape index (κ2) is 7.72. The first-order chi connectivity index (χ1) is 13.7. The Balaban J connectivity index is 2.22. The molecule has 148 valence electrons. The lowest BCUT2D eigenvalue weighted by Gasteiger charge is -2.23. The van der Waals surface area contributed by atoms with Crippen LogP contribution in [0.25, 0.3) is 5.76 Å². The van der Waals surface area contributed by atoms with Gasteiger partial charge in [-0.3, -0.25) is 24.5 Å². The minimum atomic E-state index is -1.38. The fraction of sp³-hybridized carbons (Fsp3) is 0.105. The Morgan fingerprint density at radius 1 is 1.14 bits per heavy atom. The molecular formula is C19H13ClN2O7. The van der Waals surface area contributed by atoms with Crippen LogP contribution in [-0.2, 0) is 14.4 Å². The van der Waals surface area contributed by atoms with E-state index in [0.29, 0.717) is 5.02 Å². The summed E-state index contributed by atoms with van der Waals surface area (Å²) in [6.07, 6.45) is 0. The molecule has 3 rings (SSSR count). The molecule has 0 aromatic heterocycles. The van der Waals surface area contributed by atoms with Crippen LogP contribution < -0.4 is 0 Å². The number of non-ortho nitro benzene ring substituents is 1. The van der Waals surface area contributed by atoms with E-state index in [9.17, 15) is 29.6 Å². The van der Waals surface area contributed by atoms with E-state index in [1.807, 2.05) is 0 Å². The minimum Gasteiger partial charge on any atom is -0.507 e. The van der Waals surface area contributed by atoms with E-state index in [1.165, 1.54) is 42.5 Å². The molecule has 2 aromatic carbocycles. The summed E-state index contributed by atoms with van der Waals surface area (Å²) in [5.74, 6) is -4.13. The van der Waals surface area contributed by atoms with Gasteiger partial charge in [-0.25, -0.2) is 0 Å². The maximum Gasteiger partial charge on any atom is 0.323 e. The van der Waals surface area contributed by atoms with E-state index in [-0.39, 0.29) is 22.4 Å². The molecule has 29 heavy (non-hydrogen) atoms. The Kier molecular flexibility index (Phi) is 5.33. The highest BCUT2D eigenvalue weighted by molar-refractivity contribution is 6.46. The molecule has 0 radical (unpaired) electrons. The van der Waals surface area contributed by atoms with E-state index in [2.05, 4.69) is 0 Å². The average Bonchev–Trinajstić information content (AvgIpc) is 2.92. The normalized spacial score (nSPS) is 18.1. The number of nitrogens with zero attached hydrogens (tertiary/aromatic N) is 2. The lowest BCUT2D eigenvalue weighted by Crippen LogP contribution is -2.34. The van der Waals surface area contributed by atoms with E-state index in [0.717, 1.165) is 11.0 Å². The van der Waals surface area contributed by atoms with Crippen molar-refractivity contribution in [3.8, 4) is 0 Å². The third kappa shape index (κ3) is 3.81. The van der Waals surface area contributed by atoms with Crippen molar-refractivity contribution in [3.63, 3.8) is 0 Å². The van der Waals surface area contributed by atoms with Gasteiger partial charge in [-0.15, -0.1) is 0 Å². The number of amides is 1. The zero-order valence-corrected chi connectivity index (χ0v) is 15.4. The smallest absolute Gasteiger partial charge is 0.323 e. The van der Waals surface area contributed by atoms with Crippen LogP contribution in [0.3, 0.4) is 0 Å². The number of carboxylic acid groups (broad SMARTS) is 1. The number of halogens is 1. The minimum absolute atomic E-state index is 0.121. The summed E-state index contributed by atoms with van der Waals surface area (Å²) in [5.41, 5.74) is -0.373. The molecule has 1 atom stereocenters. The van der Waals surface area contributed by atoms with Crippen LogP contribution in [0.1, 0.15) is 17.2 Å². The molecule has 0 spiro atoms.